The summed E-state index contributed by atoms with van der Waals surface area (Å²) in [4.78, 5) is 0. The van der Waals surface area contributed by atoms with Gasteiger partial charge < -0.3 is 14.8 Å². The molecule has 1 aromatic carbocycles. The molecule has 2 rings (SSSR count). The monoisotopic (exact) mass is 229 g/mol. The summed E-state index contributed by atoms with van der Waals surface area (Å²) in [5, 5.41) is 3.35. The Bertz CT molecular complexity index is 326. The molecule has 0 spiro atoms. The van der Waals surface area contributed by atoms with E-state index in [4.69, 9.17) is 9.47 Å². The fourth-order valence-electron chi connectivity index (χ4n) is 1.64. The number of rotatable bonds is 3. The number of hydrogen-bond acceptors (Lipinski definition) is 3. The summed E-state index contributed by atoms with van der Waals surface area (Å²) in [5.74, 6) is 1.59. The second kappa shape index (κ2) is 5.24. The molecule has 1 N–H and O–H groups in total. The van der Waals surface area contributed by atoms with Gasteiger partial charge in [-0.3, -0.25) is 0 Å². The molecule has 0 amide bonds. The Kier molecular flexibility index (Phi) is 4.24. The van der Waals surface area contributed by atoms with Gasteiger partial charge in [0, 0.05) is 6.04 Å². The highest BCUT2D eigenvalue weighted by atomic mass is 35.5. The van der Waals surface area contributed by atoms with Crippen molar-refractivity contribution in [3.05, 3.63) is 23.8 Å². The minimum absolute atomic E-state index is 0. The van der Waals surface area contributed by atoms with Crippen LogP contribution in [0.2, 0.25) is 0 Å². The van der Waals surface area contributed by atoms with E-state index in [0.717, 1.165) is 18.0 Å². The van der Waals surface area contributed by atoms with Gasteiger partial charge in [-0.05, 0) is 30.7 Å². The molecule has 15 heavy (non-hydrogen) atoms. The van der Waals surface area contributed by atoms with Crippen molar-refractivity contribution in [3.63, 3.8) is 0 Å². The standard InChI is InChI=1S/C11H15NO2.ClH/c1-13-10-4-3-8(7-11(10)14-2)9-5-6-12-9;/h3-4,7,9,12H,5-6H2,1-2H3;1H. The van der Waals surface area contributed by atoms with E-state index in [0.29, 0.717) is 6.04 Å². The smallest absolute Gasteiger partial charge is 0.161 e. The van der Waals surface area contributed by atoms with Crippen LogP contribution in [0.5, 0.6) is 11.5 Å². The van der Waals surface area contributed by atoms with Crippen molar-refractivity contribution in [1.29, 1.82) is 0 Å². The lowest BCUT2D eigenvalue weighted by Crippen LogP contribution is -2.34. The number of methoxy groups -OCH3 is 2. The largest absolute Gasteiger partial charge is 0.493 e. The molecule has 0 saturated carbocycles. The van der Waals surface area contributed by atoms with Crippen LogP contribution in [0, 0.1) is 0 Å². The first-order valence-corrected chi connectivity index (χ1v) is 4.80. The van der Waals surface area contributed by atoms with Gasteiger partial charge in [0.25, 0.3) is 0 Å². The molecule has 3 nitrogen and oxygen atoms in total. The summed E-state index contributed by atoms with van der Waals surface area (Å²) in [7, 11) is 3.31. The first-order valence-electron chi connectivity index (χ1n) is 4.80. The van der Waals surface area contributed by atoms with E-state index in [1.807, 2.05) is 12.1 Å². The van der Waals surface area contributed by atoms with E-state index >= 15 is 0 Å². The maximum atomic E-state index is 5.24. The minimum Gasteiger partial charge on any atom is -0.493 e. The quantitative estimate of drug-likeness (QED) is 0.862. The Morgan fingerprint density at radius 3 is 2.33 bits per heavy atom. The summed E-state index contributed by atoms with van der Waals surface area (Å²) >= 11 is 0. The van der Waals surface area contributed by atoms with Gasteiger partial charge in [0.15, 0.2) is 11.5 Å². The molecule has 0 bridgehead atoms. The van der Waals surface area contributed by atoms with Gasteiger partial charge in [-0.2, -0.15) is 0 Å². The van der Waals surface area contributed by atoms with Gasteiger partial charge >= 0.3 is 0 Å². The van der Waals surface area contributed by atoms with E-state index in [-0.39, 0.29) is 12.4 Å². The summed E-state index contributed by atoms with van der Waals surface area (Å²) in [6, 6.07) is 6.57. The predicted molar refractivity (Wildman–Crippen MR) is 62.2 cm³/mol. The van der Waals surface area contributed by atoms with Crippen molar-refractivity contribution in [3.8, 4) is 11.5 Å². The van der Waals surface area contributed by atoms with Crippen LogP contribution in [-0.4, -0.2) is 20.8 Å². The summed E-state index contributed by atoms with van der Waals surface area (Å²) in [6.45, 7) is 1.11. The molecule has 84 valence electrons. The second-order valence-corrected chi connectivity index (χ2v) is 3.41. The third kappa shape index (κ3) is 2.36. The molecule has 0 aromatic heterocycles. The number of nitrogens with one attached hydrogen (secondary N) is 1. The molecule has 0 aliphatic carbocycles. The Labute approximate surface area is 96.2 Å². The van der Waals surface area contributed by atoms with Crippen molar-refractivity contribution in [2.24, 2.45) is 0 Å². The highest BCUT2D eigenvalue weighted by molar-refractivity contribution is 5.85. The summed E-state index contributed by atoms with van der Waals surface area (Å²) in [6.07, 6.45) is 1.20. The van der Waals surface area contributed by atoms with Crippen LogP contribution < -0.4 is 14.8 Å². The van der Waals surface area contributed by atoms with Crippen LogP contribution in [0.25, 0.3) is 0 Å². The Morgan fingerprint density at radius 1 is 1.20 bits per heavy atom. The second-order valence-electron chi connectivity index (χ2n) is 3.41. The number of benzene rings is 1. The molecule has 1 atom stereocenters. The van der Waals surface area contributed by atoms with Crippen molar-refractivity contribution >= 4 is 12.4 Å². The Morgan fingerprint density at radius 2 is 1.87 bits per heavy atom. The number of hydrogen-bond donors (Lipinski definition) is 1. The van der Waals surface area contributed by atoms with Crippen molar-refractivity contribution < 1.29 is 9.47 Å². The first-order chi connectivity index (χ1) is 6.85. The first kappa shape index (κ1) is 12.1. The van der Waals surface area contributed by atoms with Gasteiger partial charge in [-0.25, -0.2) is 0 Å². The molecular weight excluding hydrogens is 214 g/mol. The summed E-state index contributed by atoms with van der Waals surface area (Å²) in [5.41, 5.74) is 1.27. The lowest BCUT2D eigenvalue weighted by molar-refractivity contribution is 0.349. The molecule has 4 heteroatoms. The van der Waals surface area contributed by atoms with E-state index < -0.39 is 0 Å². The lowest BCUT2D eigenvalue weighted by Gasteiger charge is -2.28. The number of halogens is 1. The Hall–Kier alpha value is -0.930. The highest BCUT2D eigenvalue weighted by Crippen LogP contribution is 2.32. The molecule has 1 aliphatic heterocycles. The molecule has 1 saturated heterocycles. The zero-order valence-electron chi connectivity index (χ0n) is 8.95. The van der Waals surface area contributed by atoms with E-state index in [2.05, 4.69) is 11.4 Å². The van der Waals surface area contributed by atoms with Crippen LogP contribution in [0.15, 0.2) is 18.2 Å². The Balaban J connectivity index is 0.00000112. The van der Waals surface area contributed by atoms with Gasteiger partial charge in [0.05, 0.1) is 14.2 Å². The van der Waals surface area contributed by atoms with Gasteiger partial charge in [0.1, 0.15) is 0 Å². The zero-order chi connectivity index (χ0) is 9.97. The van der Waals surface area contributed by atoms with E-state index in [1.165, 1.54) is 12.0 Å². The average molecular weight is 230 g/mol. The molecule has 1 unspecified atom stereocenters. The van der Waals surface area contributed by atoms with Crippen LogP contribution in [0.3, 0.4) is 0 Å². The molecule has 0 radical (unpaired) electrons. The number of ether oxygens (including phenoxy) is 2. The van der Waals surface area contributed by atoms with Crippen LogP contribution >= 0.6 is 12.4 Å². The van der Waals surface area contributed by atoms with Crippen molar-refractivity contribution in [2.75, 3.05) is 20.8 Å². The maximum absolute atomic E-state index is 5.24. The van der Waals surface area contributed by atoms with Gasteiger partial charge in [-0.15, -0.1) is 12.4 Å². The fourth-order valence-corrected chi connectivity index (χ4v) is 1.64. The molecule has 1 fully saturated rings. The molecule has 1 heterocycles. The summed E-state index contributed by atoms with van der Waals surface area (Å²) < 4.78 is 10.4. The topological polar surface area (TPSA) is 30.5 Å². The van der Waals surface area contributed by atoms with Crippen LogP contribution in [-0.2, 0) is 0 Å². The lowest BCUT2D eigenvalue weighted by atomic mass is 9.98. The van der Waals surface area contributed by atoms with Crippen LogP contribution in [0.1, 0.15) is 18.0 Å². The van der Waals surface area contributed by atoms with Crippen molar-refractivity contribution in [2.45, 2.75) is 12.5 Å². The van der Waals surface area contributed by atoms with E-state index in [9.17, 15) is 0 Å². The average Bonchev–Trinajstić information content (AvgIpc) is 2.15. The predicted octanol–water partition coefficient (Wildman–Crippen LogP) is 2.16. The highest BCUT2D eigenvalue weighted by Gasteiger charge is 2.19. The third-order valence-electron chi connectivity index (χ3n) is 2.63. The van der Waals surface area contributed by atoms with Crippen molar-refractivity contribution in [1.82, 2.24) is 5.32 Å². The molecule has 1 aromatic rings. The van der Waals surface area contributed by atoms with Crippen LogP contribution in [0.4, 0.5) is 0 Å². The van der Waals surface area contributed by atoms with Gasteiger partial charge in [0.2, 0.25) is 0 Å². The van der Waals surface area contributed by atoms with E-state index in [1.54, 1.807) is 14.2 Å². The zero-order valence-corrected chi connectivity index (χ0v) is 9.76. The third-order valence-corrected chi connectivity index (χ3v) is 2.63. The minimum atomic E-state index is 0. The molecule has 1 aliphatic rings. The fraction of sp³-hybridized carbons (Fsp3) is 0.455. The normalized spacial score (nSPS) is 18.7. The SMILES string of the molecule is COc1ccc(C2CCN2)cc1OC.Cl. The maximum Gasteiger partial charge on any atom is 0.161 e. The molecular formula is C11H16ClNO2. The van der Waals surface area contributed by atoms with Gasteiger partial charge in [-0.1, -0.05) is 6.07 Å².